The lowest BCUT2D eigenvalue weighted by Gasteiger charge is -2.12. The SMILES string of the molecule is CCOc1c(Br)cc(/C=C(/C(C)C)[N+](=O)[O-])cc1OC. The molecule has 0 aromatic heterocycles. The molecule has 1 aromatic carbocycles. The highest BCUT2D eigenvalue weighted by Crippen LogP contribution is 2.37. The molecule has 5 nitrogen and oxygen atoms in total. The molecule has 0 radical (unpaired) electrons. The van der Waals surface area contributed by atoms with Crippen LogP contribution in [-0.4, -0.2) is 18.6 Å². The van der Waals surface area contributed by atoms with E-state index in [2.05, 4.69) is 15.9 Å². The van der Waals surface area contributed by atoms with Gasteiger partial charge in [0.1, 0.15) is 0 Å². The monoisotopic (exact) mass is 343 g/mol. The van der Waals surface area contributed by atoms with Crippen molar-refractivity contribution in [1.82, 2.24) is 0 Å². The van der Waals surface area contributed by atoms with Crippen LogP contribution < -0.4 is 9.47 Å². The van der Waals surface area contributed by atoms with E-state index in [1.54, 1.807) is 32.1 Å². The number of halogens is 1. The molecule has 0 fully saturated rings. The molecule has 0 bridgehead atoms. The zero-order valence-electron chi connectivity index (χ0n) is 12.0. The molecule has 20 heavy (non-hydrogen) atoms. The maximum Gasteiger partial charge on any atom is 0.249 e. The van der Waals surface area contributed by atoms with Gasteiger partial charge in [0.25, 0.3) is 0 Å². The number of methoxy groups -OCH3 is 1. The smallest absolute Gasteiger partial charge is 0.249 e. The Morgan fingerprint density at radius 3 is 2.60 bits per heavy atom. The van der Waals surface area contributed by atoms with Crippen LogP contribution in [0.3, 0.4) is 0 Å². The van der Waals surface area contributed by atoms with Gasteiger partial charge in [0.15, 0.2) is 11.5 Å². The van der Waals surface area contributed by atoms with E-state index in [1.807, 2.05) is 6.92 Å². The normalized spacial score (nSPS) is 11.6. The Morgan fingerprint density at radius 1 is 1.50 bits per heavy atom. The predicted octanol–water partition coefficient (Wildman–Crippen LogP) is 4.13. The molecule has 0 amide bonds. The molecule has 0 atom stereocenters. The van der Waals surface area contributed by atoms with Crippen molar-refractivity contribution in [3.63, 3.8) is 0 Å². The molecule has 0 spiro atoms. The van der Waals surface area contributed by atoms with Gasteiger partial charge >= 0.3 is 0 Å². The number of benzene rings is 1. The van der Waals surface area contributed by atoms with Crippen LogP contribution in [0.25, 0.3) is 6.08 Å². The van der Waals surface area contributed by atoms with Crippen molar-refractivity contribution in [2.45, 2.75) is 20.8 Å². The highest BCUT2D eigenvalue weighted by molar-refractivity contribution is 9.10. The zero-order chi connectivity index (χ0) is 15.3. The van der Waals surface area contributed by atoms with E-state index in [1.165, 1.54) is 7.11 Å². The summed E-state index contributed by atoms with van der Waals surface area (Å²) in [6.07, 6.45) is 1.55. The summed E-state index contributed by atoms with van der Waals surface area (Å²) < 4.78 is 11.5. The number of allylic oxidation sites excluding steroid dienone is 1. The lowest BCUT2D eigenvalue weighted by atomic mass is 10.1. The lowest BCUT2D eigenvalue weighted by Crippen LogP contribution is -2.05. The molecule has 1 rings (SSSR count). The fourth-order valence-corrected chi connectivity index (χ4v) is 2.28. The average Bonchev–Trinajstić information content (AvgIpc) is 2.37. The van der Waals surface area contributed by atoms with Gasteiger partial charge in [-0.1, -0.05) is 13.8 Å². The van der Waals surface area contributed by atoms with Crippen LogP contribution in [0.2, 0.25) is 0 Å². The third-order valence-electron chi connectivity index (χ3n) is 2.66. The Morgan fingerprint density at radius 2 is 2.15 bits per heavy atom. The van der Waals surface area contributed by atoms with E-state index < -0.39 is 0 Å². The number of hydrogen-bond acceptors (Lipinski definition) is 4. The van der Waals surface area contributed by atoms with Gasteiger partial charge in [-0.2, -0.15) is 0 Å². The maximum atomic E-state index is 11.0. The minimum atomic E-state index is -0.360. The summed E-state index contributed by atoms with van der Waals surface area (Å²) in [6.45, 7) is 5.96. The van der Waals surface area contributed by atoms with Crippen molar-refractivity contribution in [2.24, 2.45) is 5.92 Å². The predicted molar refractivity (Wildman–Crippen MR) is 81.7 cm³/mol. The largest absolute Gasteiger partial charge is 0.493 e. The Hall–Kier alpha value is -1.56. The van der Waals surface area contributed by atoms with Crippen molar-refractivity contribution >= 4 is 22.0 Å². The van der Waals surface area contributed by atoms with E-state index in [0.717, 1.165) is 0 Å². The maximum absolute atomic E-state index is 11.0. The van der Waals surface area contributed by atoms with E-state index in [9.17, 15) is 10.1 Å². The van der Waals surface area contributed by atoms with Crippen LogP contribution in [0.15, 0.2) is 22.3 Å². The summed E-state index contributed by atoms with van der Waals surface area (Å²) in [6, 6.07) is 3.50. The Bertz CT molecular complexity index is 526. The topological polar surface area (TPSA) is 61.6 Å². The molecule has 0 aliphatic heterocycles. The molecule has 0 saturated heterocycles. The average molecular weight is 344 g/mol. The quantitative estimate of drug-likeness (QED) is 0.575. The fraction of sp³-hybridized carbons (Fsp3) is 0.429. The third kappa shape index (κ3) is 3.96. The Labute approximate surface area is 126 Å². The standard InChI is InChI=1S/C14H18BrNO4/c1-5-20-14-11(15)6-10(8-13(14)19-4)7-12(9(2)3)16(17)18/h6-9H,5H2,1-4H3/b12-7-. The first kappa shape index (κ1) is 16.5. The molecule has 0 unspecified atom stereocenters. The fourth-order valence-electron chi connectivity index (χ4n) is 1.71. The number of nitro groups is 1. The van der Waals surface area contributed by atoms with E-state index in [0.29, 0.717) is 28.1 Å². The second kappa shape index (κ2) is 7.28. The Balaban J connectivity index is 3.30. The highest BCUT2D eigenvalue weighted by Gasteiger charge is 2.17. The molecule has 0 aliphatic carbocycles. The summed E-state index contributed by atoms with van der Waals surface area (Å²) in [7, 11) is 1.54. The van der Waals surface area contributed by atoms with Crippen LogP contribution >= 0.6 is 15.9 Å². The molecule has 0 heterocycles. The van der Waals surface area contributed by atoms with Gasteiger partial charge in [0.05, 0.1) is 23.1 Å². The van der Waals surface area contributed by atoms with Gasteiger partial charge in [0.2, 0.25) is 5.70 Å². The minimum absolute atomic E-state index is 0.156. The molecular weight excluding hydrogens is 326 g/mol. The first-order chi connectivity index (χ1) is 9.40. The summed E-state index contributed by atoms with van der Waals surface area (Å²) in [5.41, 5.74) is 0.848. The van der Waals surface area contributed by atoms with Gasteiger partial charge in [-0.25, -0.2) is 0 Å². The number of rotatable bonds is 6. The third-order valence-corrected chi connectivity index (χ3v) is 3.25. The van der Waals surface area contributed by atoms with Gasteiger partial charge in [-0.05, 0) is 40.5 Å². The minimum Gasteiger partial charge on any atom is -0.493 e. The van der Waals surface area contributed by atoms with Gasteiger partial charge in [0, 0.05) is 12.0 Å². The van der Waals surface area contributed by atoms with Crippen LogP contribution in [0.5, 0.6) is 11.5 Å². The molecule has 0 N–H and O–H groups in total. The van der Waals surface area contributed by atoms with Crippen molar-refractivity contribution in [1.29, 1.82) is 0 Å². The van der Waals surface area contributed by atoms with Gasteiger partial charge < -0.3 is 9.47 Å². The summed E-state index contributed by atoms with van der Waals surface area (Å²) >= 11 is 3.40. The molecule has 0 saturated carbocycles. The van der Waals surface area contributed by atoms with Crippen molar-refractivity contribution in [3.8, 4) is 11.5 Å². The van der Waals surface area contributed by atoms with Crippen LogP contribution in [0.4, 0.5) is 0 Å². The molecule has 1 aromatic rings. The van der Waals surface area contributed by atoms with Gasteiger partial charge in [-0.3, -0.25) is 10.1 Å². The Kier molecular flexibility index (Phi) is 6.01. The van der Waals surface area contributed by atoms with Crippen LogP contribution in [0.1, 0.15) is 26.3 Å². The van der Waals surface area contributed by atoms with E-state index in [4.69, 9.17) is 9.47 Å². The molecule has 0 aliphatic rings. The molecule has 110 valence electrons. The summed E-state index contributed by atoms with van der Waals surface area (Å²) in [5, 5.41) is 11.0. The van der Waals surface area contributed by atoms with Crippen LogP contribution in [-0.2, 0) is 0 Å². The number of hydrogen-bond donors (Lipinski definition) is 0. The molecule has 6 heteroatoms. The lowest BCUT2D eigenvalue weighted by molar-refractivity contribution is -0.431. The van der Waals surface area contributed by atoms with Crippen molar-refractivity contribution < 1.29 is 14.4 Å². The van der Waals surface area contributed by atoms with E-state index in [-0.39, 0.29) is 16.5 Å². The number of ether oxygens (including phenoxy) is 2. The first-order valence-electron chi connectivity index (χ1n) is 6.27. The second-order valence-corrected chi connectivity index (χ2v) is 5.30. The first-order valence-corrected chi connectivity index (χ1v) is 7.06. The number of nitrogens with zero attached hydrogens (tertiary/aromatic N) is 1. The van der Waals surface area contributed by atoms with Crippen LogP contribution in [0, 0.1) is 16.0 Å². The van der Waals surface area contributed by atoms with E-state index >= 15 is 0 Å². The zero-order valence-corrected chi connectivity index (χ0v) is 13.6. The van der Waals surface area contributed by atoms with Crippen molar-refractivity contribution in [3.05, 3.63) is 38.0 Å². The second-order valence-electron chi connectivity index (χ2n) is 4.45. The highest BCUT2D eigenvalue weighted by atomic mass is 79.9. The van der Waals surface area contributed by atoms with Gasteiger partial charge in [-0.15, -0.1) is 0 Å². The molecular formula is C14H18BrNO4. The summed E-state index contributed by atoms with van der Waals surface area (Å²) in [5.74, 6) is 0.972. The van der Waals surface area contributed by atoms with Crippen molar-refractivity contribution in [2.75, 3.05) is 13.7 Å². The summed E-state index contributed by atoms with van der Waals surface area (Å²) in [4.78, 5) is 10.7.